The zero-order chi connectivity index (χ0) is 25.6. The number of aromatic amines is 2. The number of para-hydroxylation sites is 1. The maximum absolute atomic E-state index is 12.9. The topological polar surface area (TPSA) is 81.4 Å². The molecule has 192 valence electrons. The van der Waals surface area contributed by atoms with Gasteiger partial charge in [0.15, 0.2) is 0 Å². The van der Waals surface area contributed by atoms with Gasteiger partial charge in [-0.3, -0.25) is 4.90 Å². The van der Waals surface area contributed by atoms with Crippen LogP contribution in [0.15, 0.2) is 83.7 Å². The van der Waals surface area contributed by atoms with E-state index in [2.05, 4.69) is 76.4 Å². The normalized spacial score (nSPS) is 15.2. The van der Waals surface area contributed by atoms with Gasteiger partial charge in [0.1, 0.15) is 6.61 Å². The Morgan fingerprint density at radius 3 is 2.16 bits per heavy atom. The number of carbonyl (C=O) groups excluding carboxylic acids is 1. The number of rotatable bonds is 8. The molecule has 0 bridgehead atoms. The molecule has 0 saturated carbocycles. The first-order valence-corrected chi connectivity index (χ1v) is 13.0. The number of imidazole rings is 1. The monoisotopic (exact) mass is 498 g/mol. The fraction of sp³-hybridized carbons (Fsp3) is 0.333. The highest BCUT2D eigenvalue weighted by Crippen LogP contribution is 2.31. The van der Waals surface area contributed by atoms with Gasteiger partial charge in [0.05, 0.1) is 11.0 Å². The number of carbonyl (C=O) groups is 1. The van der Waals surface area contributed by atoms with E-state index in [1.807, 2.05) is 29.2 Å². The fourth-order valence-electron chi connectivity index (χ4n) is 5.19. The van der Waals surface area contributed by atoms with Crippen LogP contribution in [-0.2, 0) is 17.8 Å². The van der Waals surface area contributed by atoms with E-state index in [0.717, 1.165) is 42.5 Å². The second-order valence-electron chi connectivity index (χ2n) is 9.91. The molecule has 37 heavy (non-hydrogen) atoms. The summed E-state index contributed by atoms with van der Waals surface area (Å²) >= 11 is 0. The van der Waals surface area contributed by atoms with Gasteiger partial charge in [0, 0.05) is 32.2 Å². The van der Waals surface area contributed by atoms with Crippen molar-refractivity contribution in [1.29, 1.82) is 0 Å². The highest BCUT2D eigenvalue weighted by Gasteiger charge is 2.27. The third-order valence-corrected chi connectivity index (χ3v) is 7.30. The van der Waals surface area contributed by atoms with Crippen molar-refractivity contribution < 1.29 is 9.53 Å². The second kappa shape index (κ2) is 11.5. The zero-order valence-corrected chi connectivity index (χ0v) is 21.2. The summed E-state index contributed by atoms with van der Waals surface area (Å²) in [5, 5.41) is 0. The molecule has 0 radical (unpaired) electrons. The Morgan fingerprint density at radius 1 is 0.919 bits per heavy atom. The second-order valence-corrected chi connectivity index (χ2v) is 9.91. The predicted molar refractivity (Wildman–Crippen MR) is 145 cm³/mol. The Hall–Kier alpha value is -3.84. The van der Waals surface area contributed by atoms with E-state index >= 15 is 0 Å². The minimum Gasteiger partial charge on any atom is -0.448 e. The molecule has 1 saturated heterocycles. The summed E-state index contributed by atoms with van der Waals surface area (Å²) in [7, 11) is 0. The number of hydrogen-bond donors (Lipinski definition) is 2. The highest BCUT2D eigenvalue weighted by molar-refractivity contribution is 5.78. The molecule has 7 nitrogen and oxygen atoms in total. The van der Waals surface area contributed by atoms with Gasteiger partial charge >= 0.3 is 11.8 Å². The average Bonchev–Trinajstić information content (AvgIpc) is 3.33. The number of piperidine rings is 1. The Labute approximate surface area is 217 Å². The molecule has 7 heteroatoms. The maximum atomic E-state index is 12.9. The molecule has 1 atom stereocenters. The van der Waals surface area contributed by atoms with Crippen LogP contribution in [0.25, 0.3) is 11.0 Å². The van der Waals surface area contributed by atoms with Gasteiger partial charge in [-0.15, -0.1) is 0 Å². The molecular formula is C30H34N4O3. The van der Waals surface area contributed by atoms with Crippen LogP contribution in [0.5, 0.6) is 0 Å². The SMILES string of the molecule is CC(COC(=O)N1CCC(c2cccc3[nH]c(=O)[nH]c23)CC1)N(Cc1ccccc1)Cc1ccccc1. The third-order valence-electron chi connectivity index (χ3n) is 7.30. The molecular weight excluding hydrogens is 464 g/mol. The molecule has 2 N–H and O–H groups in total. The summed E-state index contributed by atoms with van der Waals surface area (Å²) in [5.74, 6) is 0.297. The number of nitrogens with one attached hydrogen (secondary N) is 2. The van der Waals surface area contributed by atoms with Crippen LogP contribution in [0, 0.1) is 0 Å². The molecule has 0 spiro atoms. The molecule has 0 aliphatic carbocycles. The summed E-state index contributed by atoms with van der Waals surface area (Å²) in [5.41, 5.74) is 5.12. The standard InChI is InChI=1S/C30H34N4O3/c1-22(34(19-23-9-4-2-5-10-23)20-24-11-6-3-7-12-24)21-37-30(36)33-17-15-25(16-18-33)26-13-8-14-27-28(26)32-29(35)31-27/h2-14,22,25H,15-21H2,1H3,(H2,31,32,35). The Bertz CT molecular complexity index is 1320. The van der Waals surface area contributed by atoms with Crippen molar-refractivity contribution in [2.24, 2.45) is 0 Å². The number of hydrogen-bond acceptors (Lipinski definition) is 4. The largest absolute Gasteiger partial charge is 0.448 e. The van der Waals surface area contributed by atoms with Gasteiger partial charge < -0.3 is 19.6 Å². The lowest BCUT2D eigenvalue weighted by Gasteiger charge is -2.33. The molecule has 2 heterocycles. The molecule has 3 aromatic carbocycles. The summed E-state index contributed by atoms with van der Waals surface area (Å²) < 4.78 is 5.81. The van der Waals surface area contributed by atoms with E-state index in [4.69, 9.17) is 4.74 Å². The average molecular weight is 499 g/mol. The number of aromatic nitrogens is 2. The number of likely N-dealkylation sites (tertiary alicyclic amines) is 1. The van der Waals surface area contributed by atoms with Crippen molar-refractivity contribution >= 4 is 17.1 Å². The first-order valence-electron chi connectivity index (χ1n) is 13.0. The molecule has 5 rings (SSSR count). The predicted octanol–water partition coefficient (Wildman–Crippen LogP) is 5.26. The first-order chi connectivity index (χ1) is 18.1. The first kappa shape index (κ1) is 24.8. The van der Waals surface area contributed by atoms with Crippen LogP contribution in [0.2, 0.25) is 0 Å². The van der Waals surface area contributed by atoms with Crippen molar-refractivity contribution in [3.8, 4) is 0 Å². The summed E-state index contributed by atoms with van der Waals surface area (Å²) in [6, 6.07) is 26.8. The zero-order valence-electron chi connectivity index (χ0n) is 21.2. The van der Waals surface area contributed by atoms with Crippen LogP contribution in [0.1, 0.15) is 42.4 Å². The molecule has 1 aliphatic heterocycles. The Morgan fingerprint density at radius 2 is 1.54 bits per heavy atom. The van der Waals surface area contributed by atoms with Crippen LogP contribution in [0.4, 0.5) is 4.79 Å². The minimum atomic E-state index is -0.252. The van der Waals surface area contributed by atoms with E-state index in [9.17, 15) is 9.59 Å². The van der Waals surface area contributed by atoms with Crippen molar-refractivity contribution in [3.05, 3.63) is 106 Å². The van der Waals surface area contributed by atoms with Crippen molar-refractivity contribution in [2.45, 2.75) is 44.8 Å². The van der Waals surface area contributed by atoms with Gasteiger partial charge in [0.25, 0.3) is 0 Å². The molecule has 4 aromatic rings. The third kappa shape index (κ3) is 6.12. The summed E-state index contributed by atoms with van der Waals surface area (Å²) in [6.45, 7) is 5.30. The Balaban J connectivity index is 1.17. The number of fused-ring (bicyclic) bond motifs is 1. The van der Waals surface area contributed by atoms with E-state index in [0.29, 0.717) is 25.6 Å². The van der Waals surface area contributed by atoms with Gasteiger partial charge in [-0.1, -0.05) is 72.8 Å². The maximum Gasteiger partial charge on any atom is 0.409 e. The van der Waals surface area contributed by atoms with Crippen molar-refractivity contribution in [1.82, 2.24) is 19.8 Å². The van der Waals surface area contributed by atoms with Crippen LogP contribution >= 0.6 is 0 Å². The smallest absolute Gasteiger partial charge is 0.409 e. The van der Waals surface area contributed by atoms with Crippen molar-refractivity contribution in [3.63, 3.8) is 0 Å². The van der Waals surface area contributed by atoms with E-state index in [1.54, 1.807) is 0 Å². The lowest BCUT2D eigenvalue weighted by molar-refractivity contribution is 0.0589. The molecule has 1 aromatic heterocycles. The molecule has 1 unspecified atom stereocenters. The molecule has 1 aliphatic rings. The van der Waals surface area contributed by atoms with Gasteiger partial charge in [-0.2, -0.15) is 0 Å². The summed E-state index contributed by atoms with van der Waals surface area (Å²) in [4.78, 5) is 34.6. The molecule has 1 amide bonds. The number of amides is 1. The molecule has 1 fully saturated rings. The number of benzene rings is 3. The van der Waals surface area contributed by atoms with Crippen LogP contribution in [-0.4, -0.2) is 51.6 Å². The Kier molecular flexibility index (Phi) is 7.70. The number of nitrogens with zero attached hydrogens (tertiary/aromatic N) is 2. The highest BCUT2D eigenvalue weighted by atomic mass is 16.6. The number of H-pyrrole nitrogens is 2. The van der Waals surface area contributed by atoms with E-state index in [1.165, 1.54) is 11.1 Å². The van der Waals surface area contributed by atoms with E-state index in [-0.39, 0.29) is 17.8 Å². The van der Waals surface area contributed by atoms with Gasteiger partial charge in [-0.25, -0.2) is 9.59 Å². The fourth-order valence-corrected chi connectivity index (χ4v) is 5.19. The number of ether oxygens (including phenoxy) is 1. The minimum absolute atomic E-state index is 0.0601. The summed E-state index contributed by atoms with van der Waals surface area (Å²) in [6.07, 6.45) is 1.42. The van der Waals surface area contributed by atoms with Gasteiger partial charge in [0.2, 0.25) is 0 Å². The van der Waals surface area contributed by atoms with Crippen LogP contribution in [0.3, 0.4) is 0 Å². The lowest BCUT2D eigenvalue weighted by atomic mass is 9.89. The van der Waals surface area contributed by atoms with Gasteiger partial charge in [-0.05, 0) is 48.4 Å². The lowest BCUT2D eigenvalue weighted by Crippen LogP contribution is -2.41. The van der Waals surface area contributed by atoms with Crippen LogP contribution < -0.4 is 5.69 Å². The van der Waals surface area contributed by atoms with E-state index < -0.39 is 0 Å². The quantitative estimate of drug-likeness (QED) is 0.347. The van der Waals surface area contributed by atoms with Crippen molar-refractivity contribution in [2.75, 3.05) is 19.7 Å².